The van der Waals surface area contributed by atoms with E-state index in [4.69, 9.17) is 5.11 Å². The Labute approximate surface area is 118 Å². The van der Waals surface area contributed by atoms with E-state index in [0.29, 0.717) is 0 Å². The lowest BCUT2D eigenvalue weighted by Crippen LogP contribution is -2.26. The van der Waals surface area contributed by atoms with E-state index in [1.807, 2.05) is 17.5 Å². The van der Waals surface area contributed by atoms with Crippen molar-refractivity contribution in [2.45, 2.75) is 10.8 Å². The van der Waals surface area contributed by atoms with Gasteiger partial charge in [0.15, 0.2) is 9.90 Å². The Hall–Kier alpha value is -1.29. The van der Waals surface area contributed by atoms with Gasteiger partial charge < -0.3 is 5.11 Å². The van der Waals surface area contributed by atoms with Crippen molar-refractivity contribution in [1.82, 2.24) is 9.29 Å². The first kappa shape index (κ1) is 14.1. The van der Waals surface area contributed by atoms with Gasteiger partial charge in [-0.3, -0.25) is 0 Å². The molecule has 9 heteroatoms. The third-order valence-electron chi connectivity index (χ3n) is 2.34. The Morgan fingerprint density at radius 2 is 2.21 bits per heavy atom. The second-order valence-corrected chi connectivity index (χ2v) is 7.76. The topological polar surface area (TPSA) is 87.6 Å². The van der Waals surface area contributed by atoms with E-state index in [2.05, 4.69) is 4.98 Å². The number of sulfonamides is 1. The van der Waals surface area contributed by atoms with Gasteiger partial charge in [0.2, 0.25) is 0 Å². The van der Waals surface area contributed by atoms with Gasteiger partial charge >= 0.3 is 5.97 Å². The molecule has 0 fully saturated rings. The van der Waals surface area contributed by atoms with Crippen LogP contribution in [0.15, 0.2) is 27.2 Å². The summed E-state index contributed by atoms with van der Waals surface area (Å²) < 4.78 is 25.5. The quantitative estimate of drug-likeness (QED) is 0.907. The van der Waals surface area contributed by atoms with Crippen LogP contribution >= 0.6 is 22.7 Å². The van der Waals surface area contributed by atoms with Crippen LogP contribution in [0, 0.1) is 0 Å². The van der Waals surface area contributed by atoms with Crippen molar-refractivity contribution in [3.63, 3.8) is 0 Å². The normalized spacial score (nSPS) is 11.9. The van der Waals surface area contributed by atoms with Crippen LogP contribution in [0.2, 0.25) is 0 Å². The smallest absolute Gasteiger partial charge is 0.356 e. The Balaban J connectivity index is 2.31. The van der Waals surface area contributed by atoms with E-state index in [9.17, 15) is 13.2 Å². The maximum atomic E-state index is 12.3. The molecule has 0 atom stereocenters. The third-order valence-corrected chi connectivity index (χ3v) is 6.35. The van der Waals surface area contributed by atoms with E-state index in [-0.39, 0.29) is 10.8 Å². The predicted octanol–water partition coefficient (Wildman–Crippen LogP) is 1.72. The van der Waals surface area contributed by atoms with Crippen LogP contribution in [0.3, 0.4) is 0 Å². The Morgan fingerprint density at radius 1 is 1.47 bits per heavy atom. The first-order chi connectivity index (χ1) is 8.93. The molecule has 0 amide bonds. The molecule has 6 nitrogen and oxygen atoms in total. The summed E-state index contributed by atoms with van der Waals surface area (Å²) in [6, 6.07) is 3.65. The second kappa shape index (κ2) is 5.37. The molecule has 0 saturated carbocycles. The average molecular weight is 318 g/mol. The maximum absolute atomic E-state index is 12.3. The van der Waals surface area contributed by atoms with Crippen LogP contribution in [-0.2, 0) is 16.6 Å². The monoisotopic (exact) mass is 318 g/mol. The van der Waals surface area contributed by atoms with Gasteiger partial charge in [-0.05, 0) is 11.4 Å². The molecule has 2 rings (SSSR count). The van der Waals surface area contributed by atoms with Gasteiger partial charge in [0.05, 0.1) is 5.51 Å². The number of nitrogens with zero attached hydrogens (tertiary/aromatic N) is 2. The summed E-state index contributed by atoms with van der Waals surface area (Å²) in [5, 5.41) is 10.8. The lowest BCUT2D eigenvalue weighted by atomic mass is 10.5. The Bertz CT molecular complexity index is 675. The summed E-state index contributed by atoms with van der Waals surface area (Å²) in [7, 11) is -2.42. The molecular formula is C10H10N2O4S3. The molecule has 0 aromatic carbocycles. The molecule has 102 valence electrons. The molecule has 0 bridgehead atoms. The molecular weight excluding hydrogens is 308 g/mol. The summed E-state index contributed by atoms with van der Waals surface area (Å²) >= 11 is 2.25. The number of thiophene rings is 1. The van der Waals surface area contributed by atoms with Crippen molar-refractivity contribution in [2.75, 3.05) is 7.05 Å². The SMILES string of the molecule is CN(Cc1cccs1)S(=O)(=O)c1scnc1C(=O)O. The maximum Gasteiger partial charge on any atom is 0.356 e. The predicted molar refractivity (Wildman–Crippen MR) is 72.0 cm³/mol. The van der Waals surface area contributed by atoms with Crippen molar-refractivity contribution >= 4 is 38.7 Å². The fourth-order valence-electron chi connectivity index (χ4n) is 1.41. The van der Waals surface area contributed by atoms with E-state index in [1.54, 1.807) is 0 Å². The number of hydrogen-bond donors (Lipinski definition) is 1. The molecule has 0 aliphatic carbocycles. The minimum Gasteiger partial charge on any atom is -0.476 e. The van der Waals surface area contributed by atoms with Crippen LogP contribution in [0.1, 0.15) is 15.4 Å². The lowest BCUT2D eigenvalue weighted by molar-refractivity contribution is 0.0687. The molecule has 0 aliphatic heterocycles. The molecule has 2 aromatic heterocycles. The number of thiazole rings is 1. The largest absolute Gasteiger partial charge is 0.476 e. The highest BCUT2D eigenvalue weighted by Gasteiger charge is 2.29. The average Bonchev–Trinajstić information content (AvgIpc) is 2.98. The van der Waals surface area contributed by atoms with E-state index in [1.165, 1.54) is 23.9 Å². The molecule has 0 saturated heterocycles. The van der Waals surface area contributed by atoms with Crippen molar-refractivity contribution in [3.05, 3.63) is 33.6 Å². The van der Waals surface area contributed by atoms with Gasteiger partial charge in [-0.25, -0.2) is 18.2 Å². The van der Waals surface area contributed by atoms with Gasteiger partial charge in [-0.2, -0.15) is 4.31 Å². The van der Waals surface area contributed by atoms with Crippen molar-refractivity contribution in [1.29, 1.82) is 0 Å². The van der Waals surface area contributed by atoms with Gasteiger partial charge in [-0.15, -0.1) is 22.7 Å². The lowest BCUT2D eigenvalue weighted by Gasteiger charge is -2.15. The molecule has 2 heterocycles. The highest BCUT2D eigenvalue weighted by atomic mass is 32.2. The number of carboxylic acids is 1. The molecule has 0 radical (unpaired) electrons. The zero-order chi connectivity index (χ0) is 14.0. The molecule has 0 unspecified atom stereocenters. The molecule has 19 heavy (non-hydrogen) atoms. The first-order valence-corrected chi connectivity index (χ1v) is 8.28. The van der Waals surface area contributed by atoms with Gasteiger partial charge in [0, 0.05) is 18.5 Å². The number of aromatic carboxylic acids is 1. The third kappa shape index (κ3) is 2.84. The van der Waals surface area contributed by atoms with Gasteiger partial charge in [-0.1, -0.05) is 6.07 Å². The van der Waals surface area contributed by atoms with Crippen LogP contribution in [-0.4, -0.2) is 35.8 Å². The van der Waals surface area contributed by atoms with E-state index < -0.39 is 21.7 Å². The first-order valence-electron chi connectivity index (χ1n) is 5.08. The summed E-state index contributed by atoms with van der Waals surface area (Å²) in [5.41, 5.74) is 0.790. The molecule has 1 N–H and O–H groups in total. The zero-order valence-corrected chi connectivity index (χ0v) is 12.3. The Morgan fingerprint density at radius 3 is 2.79 bits per heavy atom. The Kier molecular flexibility index (Phi) is 3.99. The molecule has 0 aliphatic rings. The summed E-state index contributed by atoms with van der Waals surface area (Å²) in [5.74, 6) is -1.34. The van der Waals surface area contributed by atoms with Crippen molar-refractivity contribution in [3.8, 4) is 0 Å². The summed E-state index contributed by atoms with van der Waals surface area (Å²) in [6.45, 7) is 0.205. The fourth-order valence-corrected chi connectivity index (χ4v) is 4.73. The van der Waals surface area contributed by atoms with E-state index >= 15 is 0 Å². The highest BCUT2D eigenvalue weighted by Crippen LogP contribution is 2.25. The zero-order valence-electron chi connectivity index (χ0n) is 9.81. The van der Waals surface area contributed by atoms with Gasteiger partial charge in [0.1, 0.15) is 0 Å². The van der Waals surface area contributed by atoms with E-state index in [0.717, 1.165) is 20.5 Å². The van der Waals surface area contributed by atoms with Crippen molar-refractivity contribution in [2.24, 2.45) is 0 Å². The summed E-state index contributed by atoms with van der Waals surface area (Å²) in [6.07, 6.45) is 0. The number of aromatic nitrogens is 1. The number of rotatable bonds is 5. The van der Waals surface area contributed by atoms with Crippen LogP contribution in [0.5, 0.6) is 0 Å². The number of carboxylic acid groups (broad SMARTS) is 1. The number of hydrogen-bond acceptors (Lipinski definition) is 6. The van der Waals surface area contributed by atoms with Crippen LogP contribution in [0.4, 0.5) is 0 Å². The number of carbonyl (C=O) groups is 1. The van der Waals surface area contributed by atoms with Crippen LogP contribution < -0.4 is 0 Å². The second-order valence-electron chi connectivity index (χ2n) is 3.63. The minimum atomic E-state index is -3.83. The van der Waals surface area contributed by atoms with Gasteiger partial charge in [0.25, 0.3) is 10.0 Å². The van der Waals surface area contributed by atoms with Crippen molar-refractivity contribution < 1.29 is 18.3 Å². The standard InChI is InChI=1S/C10H10N2O4S3/c1-12(5-7-3-2-4-17-7)19(15,16)10-8(9(13)14)11-6-18-10/h2-4,6H,5H2,1H3,(H,13,14). The minimum absolute atomic E-state index is 0.205. The summed E-state index contributed by atoms with van der Waals surface area (Å²) in [4.78, 5) is 15.4. The highest BCUT2D eigenvalue weighted by molar-refractivity contribution is 7.91. The van der Waals surface area contributed by atoms with Crippen LogP contribution in [0.25, 0.3) is 0 Å². The fraction of sp³-hybridized carbons (Fsp3) is 0.200. The molecule has 2 aromatic rings. The molecule has 0 spiro atoms.